The Balaban J connectivity index is 1.78. The van der Waals surface area contributed by atoms with Crippen LogP contribution in [0.25, 0.3) is 11.0 Å². The molecular weight excluding hydrogens is 449 g/mol. The van der Waals surface area contributed by atoms with Gasteiger partial charge in [0.25, 0.3) is 10.0 Å². The van der Waals surface area contributed by atoms with Gasteiger partial charge in [-0.1, -0.05) is 23.2 Å². The van der Waals surface area contributed by atoms with Crippen molar-refractivity contribution in [3.8, 4) is 0 Å². The average Bonchev–Trinajstić information content (AvgIpc) is 3.18. The fourth-order valence-corrected chi connectivity index (χ4v) is 4.27. The number of aryl methyl sites for hydroxylation is 1. The lowest BCUT2D eigenvalue weighted by Gasteiger charge is -2.12. The minimum atomic E-state index is -4.04. The van der Waals surface area contributed by atoms with Gasteiger partial charge >= 0.3 is 0 Å². The normalized spacial score (nSPS) is 11.6. The fourth-order valence-electron chi connectivity index (χ4n) is 2.85. The third-order valence-corrected chi connectivity index (χ3v) is 6.32. The molecule has 11 heteroatoms. The number of aromatic amines is 1. The summed E-state index contributed by atoms with van der Waals surface area (Å²) in [7, 11) is -4.04. The molecular formula is C19H13Cl2N5O3S. The van der Waals surface area contributed by atoms with Crippen molar-refractivity contribution in [2.75, 3.05) is 4.72 Å². The molecule has 0 aliphatic carbocycles. The number of hydrogen-bond donors (Lipinski definition) is 2. The number of carbonyl (C=O) groups excluding carboxylic acids is 1. The van der Waals surface area contributed by atoms with E-state index in [-0.39, 0.29) is 27.0 Å². The van der Waals surface area contributed by atoms with Crippen LogP contribution < -0.4 is 4.72 Å². The smallest absolute Gasteiger partial charge is 0.261 e. The highest BCUT2D eigenvalue weighted by atomic mass is 35.5. The third-order valence-electron chi connectivity index (χ3n) is 4.32. The zero-order valence-corrected chi connectivity index (χ0v) is 17.7. The summed E-state index contributed by atoms with van der Waals surface area (Å²) in [5, 5.41) is 1.08. The van der Waals surface area contributed by atoms with E-state index in [1.165, 1.54) is 36.8 Å². The monoisotopic (exact) mass is 461 g/mol. The van der Waals surface area contributed by atoms with Crippen molar-refractivity contribution in [3.63, 3.8) is 0 Å². The van der Waals surface area contributed by atoms with Gasteiger partial charge in [-0.3, -0.25) is 9.52 Å². The van der Waals surface area contributed by atoms with Crippen molar-refractivity contribution in [2.45, 2.75) is 11.8 Å². The Morgan fingerprint density at radius 1 is 1.07 bits per heavy atom. The van der Waals surface area contributed by atoms with Crippen LogP contribution in [0.3, 0.4) is 0 Å². The first kappa shape index (κ1) is 20.3. The van der Waals surface area contributed by atoms with Crippen LogP contribution in [-0.2, 0) is 10.0 Å². The highest BCUT2D eigenvalue weighted by molar-refractivity contribution is 7.92. The van der Waals surface area contributed by atoms with Gasteiger partial charge in [-0.25, -0.2) is 23.4 Å². The van der Waals surface area contributed by atoms with Crippen molar-refractivity contribution in [1.82, 2.24) is 19.9 Å². The van der Waals surface area contributed by atoms with E-state index in [4.69, 9.17) is 23.2 Å². The second-order valence-corrected chi connectivity index (χ2v) is 8.88. The molecule has 3 aromatic heterocycles. The lowest BCUT2D eigenvalue weighted by atomic mass is 10.1. The van der Waals surface area contributed by atoms with Gasteiger partial charge in [-0.15, -0.1) is 0 Å². The van der Waals surface area contributed by atoms with Crippen LogP contribution >= 0.6 is 23.2 Å². The van der Waals surface area contributed by atoms with Gasteiger partial charge in [0.1, 0.15) is 23.4 Å². The van der Waals surface area contributed by atoms with Gasteiger partial charge < -0.3 is 4.98 Å². The molecule has 0 radical (unpaired) electrons. The summed E-state index contributed by atoms with van der Waals surface area (Å²) < 4.78 is 28.2. The van der Waals surface area contributed by atoms with E-state index in [0.717, 1.165) is 0 Å². The number of aromatic nitrogens is 4. The standard InChI is InChI=1S/C19H13Cl2N5O3S/c1-10-6-12(2-3-14(10)21)30(28,29)26-15-7-11(20)8-23-17(15)18(27)16-13-4-5-22-19(13)25-9-24-16/h2-9,26H,1H3,(H,22,24,25). The molecule has 4 aromatic rings. The maximum absolute atomic E-state index is 13.1. The number of halogens is 2. The predicted octanol–water partition coefficient (Wildman–Crippen LogP) is 4.00. The third kappa shape index (κ3) is 3.74. The van der Waals surface area contributed by atoms with Crippen LogP contribution in [0, 0.1) is 6.92 Å². The highest BCUT2D eigenvalue weighted by Crippen LogP contribution is 2.27. The molecule has 1 aromatic carbocycles. The number of pyridine rings is 1. The molecule has 0 unspecified atom stereocenters. The Labute approximate surface area is 181 Å². The van der Waals surface area contributed by atoms with Crippen LogP contribution in [0.2, 0.25) is 10.0 Å². The molecule has 0 amide bonds. The van der Waals surface area contributed by atoms with Gasteiger partial charge in [-0.05, 0) is 42.8 Å². The number of sulfonamides is 1. The van der Waals surface area contributed by atoms with Crippen LogP contribution in [0.5, 0.6) is 0 Å². The number of rotatable bonds is 5. The zero-order valence-electron chi connectivity index (χ0n) is 15.3. The van der Waals surface area contributed by atoms with Gasteiger partial charge in [-0.2, -0.15) is 0 Å². The summed E-state index contributed by atoms with van der Waals surface area (Å²) in [5.74, 6) is -0.580. The number of hydrogen-bond acceptors (Lipinski definition) is 6. The van der Waals surface area contributed by atoms with Crippen molar-refractivity contribution < 1.29 is 13.2 Å². The summed E-state index contributed by atoms with van der Waals surface area (Å²) in [5.41, 5.74) is 0.938. The molecule has 2 N–H and O–H groups in total. The SMILES string of the molecule is Cc1cc(S(=O)(=O)Nc2cc(Cl)cnc2C(=O)c2ncnc3[nH]ccc23)ccc1Cl. The molecule has 8 nitrogen and oxygen atoms in total. The first-order chi connectivity index (χ1) is 14.3. The summed E-state index contributed by atoms with van der Waals surface area (Å²) in [4.78, 5) is 28.2. The van der Waals surface area contributed by atoms with Crippen LogP contribution in [0.1, 0.15) is 21.7 Å². The molecule has 0 atom stereocenters. The largest absolute Gasteiger partial charge is 0.346 e. The molecule has 0 saturated carbocycles. The van der Waals surface area contributed by atoms with E-state index < -0.39 is 15.8 Å². The number of fused-ring (bicyclic) bond motifs is 1. The number of nitrogens with zero attached hydrogens (tertiary/aromatic N) is 3. The van der Waals surface area contributed by atoms with E-state index in [1.807, 2.05) is 0 Å². The molecule has 0 aliphatic rings. The lowest BCUT2D eigenvalue weighted by Crippen LogP contribution is -2.17. The fraction of sp³-hybridized carbons (Fsp3) is 0.0526. The van der Waals surface area contributed by atoms with Gasteiger partial charge in [0, 0.05) is 22.8 Å². The molecule has 0 spiro atoms. The number of carbonyl (C=O) groups is 1. The molecule has 3 heterocycles. The topological polar surface area (TPSA) is 118 Å². The quantitative estimate of drug-likeness (QED) is 0.433. The second kappa shape index (κ2) is 7.67. The molecule has 0 fully saturated rings. The van der Waals surface area contributed by atoms with Gasteiger partial charge in [0.2, 0.25) is 5.78 Å². The maximum atomic E-state index is 13.1. The number of nitrogens with one attached hydrogen (secondary N) is 2. The summed E-state index contributed by atoms with van der Waals surface area (Å²) in [6, 6.07) is 7.25. The van der Waals surface area contributed by atoms with Crippen molar-refractivity contribution in [1.29, 1.82) is 0 Å². The van der Waals surface area contributed by atoms with Crippen molar-refractivity contribution in [2.24, 2.45) is 0 Å². The highest BCUT2D eigenvalue weighted by Gasteiger charge is 2.24. The van der Waals surface area contributed by atoms with Crippen molar-refractivity contribution >= 4 is 55.7 Å². The average molecular weight is 462 g/mol. The predicted molar refractivity (Wildman–Crippen MR) is 114 cm³/mol. The summed E-state index contributed by atoms with van der Waals surface area (Å²) >= 11 is 12.0. The van der Waals surface area contributed by atoms with Crippen LogP contribution in [-0.4, -0.2) is 34.1 Å². The Morgan fingerprint density at radius 3 is 2.63 bits per heavy atom. The minimum Gasteiger partial charge on any atom is -0.346 e. The number of anilines is 1. The molecule has 0 aliphatic heterocycles. The lowest BCUT2D eigenvalue weighted by molar-refractivity contribution is 0.103. The summed E-state index contributed by atoms with van der Waals surface area (Å²) in [6.45, 7) is 1.69. The van der Waals surface area contributed by atoms with E-state index in [2.05, 4.69) is 24.7 Å². The molecule has 0 saturated heterocycles. The zero-order chi connectivity index (χ0) is 21.5. The van der Waals surface area contributed by atoms with Gasteiger partial charge in [0.05, 0.1) is 15.6 Å². The molecule has 4 rings (SSSR count). The Bertz CT molecular complexity index is 1400. The van der Waals surface area contributed by atoms with E-state index >= 15 is 0 Å². The first-order valence-electron chi connectivity index (χ1n) is 8.53. The minimum absolute atomic E-state index is 0.0159. The summed E-state index contributed by atoms with van der Waals surface area (Å²) in [6.07, 6.45) is 4.12. The number of H-pyrrole nitrogens is 1. The van der Waals surface area contributed by atoms with E-state index in [0.29, 0.717) is 21.6 Å². The van der Waals surface area contributed by atoms with Crippen LogP contribution in [0.15, 0.2) is 53.9 Å². The Kier molecular flexibility index (Phi) is 5.19. The number of benzene rings is 1. The van der Waals surface area contributed by atoms with E-state index in [9.17, 15) is 13.2 Å². The maximum Gasteiger partial charge on any atom is 0.261 e. The second-order valence-electron chi connectivity index (χ2n) is 6.36. The Hall–Kier alpha value is -3.01. The van der Waals surface area contributed by atoms with Crippen molar-refractivity contribution in [3.05, 3.63) is 76.0 Å². The molecule has 152 valence electrons. The molecule has 0 bridgehead atoms. The number of ketones is 1. The molecule has 30 heavy (non-hydrogen) atoms. The van der Waals surface area contributed by atoms with E-state index in [1.54, 1.807) is 19.2 Å². The Morgan fingerprint density at radius 2 is 1.87 bits per heavy atom. The van der Waals surface area contributed by atoms with Gasteiger partial charge in [0.15, 0.2) is 0 Å². The van der Waals surface area contributed by atoms with Crippen LogP contribution in [0.4, 0.5) is 5.69 Å². The first-order valence-corrected chi connectivity index (χ1v) is 10.8.